The number of hydrogen-bond donors (Lipinski definition) is 3. The summed E-state index contributed by atoms with van der Waals surface area (Å²) in [7, 11) is 0. The predicted octanol–water partition coefficient (Wildman–Crippen LogP) is 0.821. The first-order valence-electron chi connectivity index (χ1n) is 6.42. The van der Waals surface area contributed by atoms with Crippen LogP contribution >= 0.6 is 0 Å². The summed E-state index contributed by atoms with van der Waals surface area (Å²) in [6.07, 6.45) is 0.0973. The molecule has 8 nitrogen and oxygen atoms in total. The minimum atomic E-state index is -0.653. The van der Waals surface area contributed by atoms with Gasteiger partial charge >= 0.3 is 0 Å². The number of rotatable bonds is 6. The third-order valence-electron chi connectivity index (χ3n) is 2.55. The summed E-state index contributed by atoms with van der Waals surface area (Å²) < 4.78 is 0. The van der Waals surface area contributed by atoms with Crippen molar-refractivity contribution in [3.63, 3.8) is 0 Å². The van der Waals surface area contributed by atoms with Crippen LogP contribution in [0.4, 0.5) is 11.4 Å². The van der Waals surface area contributed by atoms with Gasteiger partial charge in [0.2, 0.25) is 5.91 Å². The molecular weight excluding hydrogens is 276 g/mol. The van der Waals surface area contributed by atoms with Gasteiger partial charge < -0.3 is 16.4 Å². The van der Waals surface area contributed by atoms with E-state index in [-0.39, 0.29) is 41.9 Å². The molecule has 0 atom stereocenters. The van der Waals surface area contributed by atoms with Crippen LogP contribution in [0.5, 0.6) is 0 Å². The zero-order valence-electron chi connectivity index (χ0n) is 11.9. The van der Waals surface area contributed by atoms with E-state index in [9.17, 15) is 19.7 Å². The zero-order chi connectivity index (χ0) is 16.0. The maximum absolute atomic E-state index is 11.9. The second-order valence-corrected chi connectivity index (χ2v) is 4.76. The van der Waals surface area contributed by atoms with Gasteiger partial charge in [0.05, 0.1) is 4.92 Å². The standard InChI is InChI=1S/C13H18N4O4/c1-8(2)16-12(18)5-6-15-13(19)10-7-9(14)3-4-11(10)17(20)21/h3-4,7-8H,5-6,14H2,1-2H3,(H,15,19)(H,16,18). The van der Waals surface area contributed by atoms with Crippen molar-refractivity contribution in [3.05, 3.63) is 33.9 Å². The summed E-state index contributed by atoms with van der Waals surface area (Å²) in [6, 6.07) is 3.78. The molecule has 0 unspecified atom stereocenters. The lowest BCUT2D eigenvalue weighted by Crippen LogP contribution is -2.34. The fourth-order valence-corrected chi connectivity index (χ4v) is 1.67. The summed E-state index contributed by atoms with van der Waals surface area (Å²) in [4.78, 5) is 33.5. The highest BCUT2D eigenvalue weighted by atomic mass is 16.6. The number of amides is 2. The predicted molar refractivity (Wildman–Crippen MR) is 77.7 cm³/mol. The van der Waals surface area contributed by atoms with Crippen LogP contribution in [0, 0.1) is 10.1 Å². The van der Waals surface area contributed by atoms with Crippen molar-refractivity contribution in [2.75, 3.05) is 12.3 Å². The number of nitrogen functional groups attached to an aromatic ring is 1. The monoisotopic (exact) mass is 294 g/mol. The molecule has 2 amide bonds. The first kappa shape index (κ1) is 16.4. The molecule has 0 aromatic heterocycles. The van der Waals surface area contributed by atoms with Gasteiger partial charge in [-0.25, -0.2) is 0 Å². The van der Waals surface area contributed by atoms with Crippen LogP contribution in [0.25, 0.3) is 0 Å². The van der Waals surface area contributed by atoms with Crippen molar-refractivity contribution in [1.29, 1.82) is 0 Å². The van der Waals surface area contributed by atoms with E-state index in [1.807, 2.05) is 13.8 Å². The summed E-state index contributed by atoms with van der Waals surface area (Å²) in [5.74, 6) is -0.835. The van der Waals surface area contributed by atoms with Gasteiger partial charge in [0, 0.05) is 30.8 Å². The van der Waals surface area contributed by atoms with E-state index in [2.05, 4.69) is 10.6 Å². The Bertz CT molecular complexity index is 557. The smallest absolute Gasteiger partial charge is 0.282 e. The number of carbonyl (C=O) groups excluding carboxylic acids is 2. The highest BCUT2D eigenvalue weighted by molar-refractivity contribution is 5.99. The fourth-order valence-electron chi connectivity index (χ4n) is 1.67. The maximum Gasteiger partial charge on any atom is 0.282 e. The molecule has 0 spiro atoms. The Hall–Kier alpha value is -2.64. The second kappa shape index (κ2) is 7.22. The molecule has 1 aromatic rings. The molecule has 0 aliphatic heterocycles. The molecule has 0 aliphatic rings. The molecule has 0 aliphatic carbocycles. The lowest BCUT2D eigenvalue weighted by atomic mass is 10.1. The van der Waals surface area contributed by atoms with E-state index in [0.29, 0.717) is 0 Å². The van der Waals surface area contributed by atoms with Crippen LogP contribution in [-0.4, -0.2) is 29.3 Å². The van der Waals surface area contributed by atoms with E-state index in [0.717, 1.165) is 0 Å². The van der Waals surface area contributed by atoms with Crippen molar-refractivity contribution < 1.29 is 14.5 Å². The molecule has 0 bridgehead atoms. The summed E-state index contributed by atoms with van der Waals surface area (Å²) in [5, 5.41) is 16.0. The van der Waals surface area contributed by atoms with Crippen molar-refractivity contribution in [1.82, 2.24) is 10.6 Å². The van der Waals surface area contributed by atoms with Crippen LogP contribution < -0.4 is 16.4 Å². The number of hydrogen-bond acceptors (Lipinski definition) is 5. The summed E-state index contributed by atoms with van der Waals surface area (Å²) >= 11 is 0. The largest absolute Gasteiger partial charge is 0.399 e. The molecular formula is C13H18N4O4. The van der Waals surface area contributed by atoms with Crippen LogP contribution in [0.1, 0.15) is 30.6 Å². The molecule has 1 rings (SSSR count). The summed E-state index contributed by atoms with van der Waals surface area (Å²) in [5.41, 5.74) is 5.34. The van der Waals surface area contributed by atoms with E-state index in [4.69, 9.17) is 5.73 Å². The summed E-state index contributed by atoms with van der Waals surface area (Å²) in [6.45, 7) is 3.74. The molecule has 4 N–H and O–H groups in total. The quantitative estimate of drug-likeness (QED) is 0.406. The van der Waals surface area contributed by atoms with Gasteiger partial charge in [-0.15, -0.1) is 0 Å². The van der Waals surface area contributed by atoms with Crippen molar-refractivity contribution in [2.24, 2.45) is 0 Å². The van der Waals surface area contributed by atoms with Crippen LogP contribution in [0.2, 0.25) is 0 Å². The number of nitrogens with zero attached hydrogens (tertiary/aromatic N) is 1. The van der Waals surface area contributed by atoms with Gasteiger partial charge in [0.25, 0.3) is 11.6 Å². The molecule has 0 fully saturated rings. The number of nitro benzene ring substituents is 1. The Labute approximate surface area is 121 Å². The Morgan fingerprint density at radius 1 is 1.38 bits per heavy atom. The van der Waals surface area contributed by atoms with Gasteiger partial charge in [0.15, 0.2) is 0 Å². The molecule has 1 aromatic carbocycles. The van der Waals surface area contributed by atoms with E-state index >= 15 is 0 Å². The van der Waals surface area contributed by atoms with Crippen molar-refractivity contribution in [3.8, 4) is 0 Å². The lowest BCUT2D eigenvalue weighted by Gasteiger charge is -2.09. The average molecular weight is 294 g/mol. The minimum absolute atomic E-state index is 0.0169. The molecule has 0 saturated heterocycles. The molecule has 114 valence electrons. The SMILES string of the molecule is CC(C)NC(=O)CCNC(=O)c1cc(N)ccc1[N+](=O)[O-]. The van der Waals surface area contributed by atoms with Gasteiger partial charge in [-0.05, 0) is 26.0 Å². The molecule has 21 heavy (non-hydrogen) atoms. The Morgan fingerprint density at radius 3 is 2.62 bits per heavy atom. The number of carbonyl (C=O) groups is 2. The van der Waals surface area contributed by atoms with Crippen LogP contribution in [0.15, 0.2) is 18.2 Å². The van der Waals surface area contributed by atoms with Gasteiger partial charge in [-0.1, -0.05) is 0 Å². The van der Waals surface area contributed by atoms with Crippen LogP contribution in [-0.2, 0) is 4.79 Å². The number of nitrogens with two attached hydrogens (primary N) is 1. The normalized spacial score (nSPS) is 10.2. The van der Waals surface area contributed by atoms with E-state index in [1.54, 1.807) is 0 Å². The highest BCUT2D eigenvalue weighted by Gasteiger charge is 2.20. The molecule has 0 saturated carbocycles. The lowest BCUT2D eigenvalue weighted by molar-refractivity contribution is -0.385. The van der Waals surface area contributed by atoms with Crippen LogP contribution in [0.3, 0.4) is 0 Å². The number of nitrogens with one attached hydrogen (secondary N) is 2. The number of benzene rings is 1. The topological polar surface area (TPSA) is 127 Å². The molecule has 0 radical (unpaired) electrons. The first-order chi connectivity index (χ1) is 9.81. The third kappa shape index (κ3) is 5.09. The minimum Gasteiger partial charge on any atom is -0.399 e. The number of nitro groups is 1. The van der Waals surface area contributed by atoms with E-state index < -0.39 is 10.8 Å². The van der Waals surface area contributed by atoms with Crippen molar-refractivity contribution >= 4 is 23.2 Å². The third-order valence-corrected chi connectivity index (χ3v) is 2.55. The average Bonchev–Trinajstić information content (AvgIpc) is 2.37. The van der Waals surface area contributed by atoms with Gasteiger partial charge in [-0.2, -0.15) is 0 Å². The zero-order valence-corrected chi connectivity index (χ0v) is 11.9. The van der Waals surface area contributed by atoms with Crippen molar-refractivity contribution in [2.45, 2.75) is 26.3 Å². The Morgan fingerprint density at radius 2 is 2.05 bits per heavy atom. The van der Waals surface area contributed by atoms with E-state index in [1.165, 1.54) is 18.2 Å². The molecule has 8 heteroatoms. The maximum atomic E-state index is 11.9. The molecule has 0 heterocycles. The van der Waals surface area contributed by atoms with Gasteiger partial charge in [0.1, 0.15) is 5.56 Å². The second-order valence-electron chi connectivity index (χ2n) is 4.76. The van der Waals surface area contributed by atoms with Gasteiger partial charge in [-0.3, -0.25) is 19.7 Å². The highest BCUT2D eigenvalue weighted by Crippen LogP contribution is 2.20. The fraction of sp³-hybridized carbons (Fsp3) is 0.385. The first-order valence-corrected chi connectivity index (χ1v) is 6.42. The number of anilines is 1. The Kier molecular flexibility index (Phi) is 5.65. The Balaban J connectivity index is 2.66.